The number of benzene rings is 2. The Hall–Kier alpha value is -2.45. The molecular weight excluding hydrogens is 412 g/mol. The summed E-state index contributed by atoms with van der Waals surface area (Å²) in [6.45, 7) is 0. The zero-order chi connectivity index (χ0) is 21.1. The summed E-state index contributed by atoms with van der Waals surface area (Å²) in [6, 6.07) is 15.0. The molecule has 3 rings (SSSR count). The van der Waals surface area contributed by atoms with E-state index in [0.29, 0.717) is 6.42 Å². The van der Waals surface area contributed by atoms with E-state index in [4.69, 9.17) is 4.74 Å². The van der Waals surface area contributed by atoms with E-state index in [1.54, 1.807) is 48.6 Å². The molecule has 0 saturated carbocycles. The van der Waals surface area contributed by atoms with E-state index in [1.165, 1.54) is 31.4 Å². The molecule has 0 spiro atoms. The highest BCUT2D eigenvalue weighted by molar-refractivity contribution is 8.09. The molecule has 2 aromatic rings. The largest absolute Gasteiger partial charge is 0.469 e. The van der Waals surface area contributed by atoms with Gasteiger partial charge >= 0.3 is 5.97 Å². The zero-order valence-corrected chi connectivity index (χ0v) is 17.5. The molecule has 154 valence electrons. The van der Waals surface area contributed by atoms with Crippen molar-refractivity contribution < 1.29 is 26.4 Å². The van der Waals surface area contributed by atoms with Crippen LogP contribution in [0.3, 0.4) is 0 Å². The van der Waals surface area contributed by atoms with E-state index in [1.807, 2.05) is 0 Å². The van der Waals surface area contributed by atoms with Gasteiger partial charge in [0.2, 0.25) is 0 Å². The van der Waals surface area contributed by atoms with E-state index in [2.05, 4.69) is 0 Å². The monoisotopic (exact) mass is 434 g/mol. The van der Waals surface area contributed by atoms with Crippen LogP contribution < -0.4 is 0 Å². The number of hydrogen-bond acceptors (Lipinski definition) is 6. The quantitative estimate of drug-likeness (QED) is 0.512. The lowest BCUT2D eigenvalue weighted by molar-refractivity contribution is -0.146. The van der Waals surface area contributed by atoms with E-state index in [-0.39, 0.29) is 16.2 Å². The molecular formula is C21H22O6S2. The fourth-order valence-corrected chi connectivity index (χ4v) is 8.53. The molecule has 0 heterocycles. The first-order chi connectivity index (χ1) is 13.8. The van der Waals surface area contributed by atoms with E-state index < -0.39 is 42.1 Å². The maximum atomic E-state index is 13.5. The minimum absolute atomic E-state index is 0.0712. The van der Waals surface area contributed by atoms with Crippen molar-refractivity contribution in [3.05, 3.63) is 72.8 Å². The Kier molecular flexibility index (Phi) is 6.24. The molecule has 0 unspecified atom stereocenters. The van der Waals surface area contributed by atoms with E-state index in [9.17, 15) is 21.6 Å². The highest BCUT2D eigenvalue weighted by Crippen LogP contribution is 2.37. The molecule has 0 fully saturated rings. The second-order valence-electron chi connectivity index (χ2n) is 6.87. The molecule has 2 aromatic carbocycles. The van der Waals surface area contributed by atoms with Crippen molar-refractivity contribution in [2.75, 3.05) is 7.11 Å². The van der Waals surface area contributed by atoms with Crippen LogP contribution in [0, 0.1) is 11.8 Å². The Labute approximate surface area is 171 Å². The number of allylic oxidation sites excluding steroid dienone is 2. The molecule has 6 nitrogen and oxygen atoms in total. The molecule has 29 heavy (non-hydrogen) atoms. The minimum atomic E-state index is -4.25. The van der Waals surface area contributed by atoms with Gasteiger partial charge in [0.25, 0.3) is 0 Å². The Balaban J connectivity index is 2.14. The molecule has 1 aliphatic carbocycles. The first-order valence-corrected chi connectivity index (χ1v) is 12.2. The van der Waals surface area contributed by atoms with E-state index >= 15 is 0 Å². The first-order valence-electron chi connectivity index (χ1n) is 9.11. The van der Waals surface area contributed by atoms with Crippen LogP contribution in [-0.4, -0.2) is 34.5 Å². The lowest BCUT2D eigenvalue weighted by Crippen LogP contribution is -2.39. The number of methoxy groups -OCH3 is 1. The summed E-state index contributed by atoms with van der Waals surface area (Å²) in [7, 11) is -7.25. The summed E-state index contributed by atoms with van der Waals surface area (Å²) in [5, 5.41) is 0. The van der Waals surface area contributed by atoms with Gasteiger partial charge in [-0.2, -0.15) is 0 Å². The van der Waals surface area contributed by atoms with Gasteiger partial charge in [0.15, 0.2) is 24.3 Å². The number of rotatable bonds is 6. The molecule has 0 aliphatic heterocycles. The van der Waals surface area contributed by atoms with Gasteiger partial charge in [0.05, 0.1) is 22.8 Å². The molecule has 0 aromatic heterocycles. The Morgan fingerprint density at radius 2 is 1.38 bits per heavy atom. The second-order valence-corrected chi connectivity index (χ2v) is 11.3. The lowest BCUT2D eigenvalue weighted by atomic mass is 9.87. The summed E-state index contributed by atoms with van der Waals surface area (Å²) in [6.07, 6.45) is 3.70. The maximum Gasteiger partial charge on any atom is 0.308 e. The van der Waals surface area contributed by atoms with Gasteiger partial charge in [0.1, 0.15) is 0 Å². The highest BCUT2D eigenvalue weighted by Gasteiger charge is 2.46. The molecule has 0 N–H and O–H groups in total. The number of esters is 1. The van der Waals surface area contributed by atoms with Crippen molar-refractivity contribution in [2.24, 2.45) is 11.8 Å². The highest BCUT2D eigenvalue weighted by atomic mass is 32.3. The van der Waals surface area contributed by atoms with Crippen molar-refractivity contribution >= 4 is 25.6 Å². The standard InChI is InChI=1S/C21H22O6S2/c1-27-20(22)16-9-8-10-17(15-16)21(28(23,24)18-11-4-2-5-12-18)29(25,26)19-13-6-3-7-14-19/h2-8,10-14,16-17,21H,9,15H2,1H3/t16-,17+/m1/s1. The van der Waals surface area contributed by atoms with Gasteiger partial charge in [-0.1, -0.05) is 48.6 Å². The van der Waals surface area contributed by atoms with Crippen LogP contribution in [0.5, 0.6) is 0 Å². The van der Waals surface area contributed by atoms with Gasteiger partial charge in [-0.3, -0.25) is 4.79 Å². The van der Waals surface area contributed by atoms with E-state index in [0.717, 1.165) is 0 Å². The van der Waals surface area contributed by atoms with Gasteiger partial charge in [-0.25, -0.2) is 16.8 Å². The maximum absolute atomic E-state index is 13.5. The van der Waals surface area contributed by atoms with Crippen molar-refractivity contribution in [3.8, 4) is 0 Å². The predicted molar refractivity (Wildman–Crippen MR) is 108 cm³/mol. The van der Waals surface area contributed by atoms with Crippen LogP contribution >= 0.6 is 0 Å². The van der Waals surface area contributed by atoms with Crippen molar-refractivity contribution in [2.45, 2.75) is 27.2 Å². The molecule has 1 aliphatic rings. The Morgan fingerprint density at radius 3 is 1.83 bits per heavy atom. The summed E-state index contributed by atoms with van der Waals surface area (Å²) in [4.78, 5) is 11.9. The average molecular weight is 435 g/mol. The summed E-state index contributed by atoms with van der Waals surface area (Å²) < 4.78 is 56.9. The molecule has 0 bridgehead atoms. The van der Waals surface area contributed by atoms with Crippen molar-refractivity contribution in [1.29, 1.82) is 0 Å². The SMILES string of the molecule is COC(=O)[C@@H]1CC=C[C@H](C(S(=O)(=O)c2ccccc2)S(=O)(=O)c2ccccc2)C1. The average Bonchev–Trinajstić information content (AvgIpc) is 2.74. The van der Waals surface area contributed by atoms with Gasteiger partial charge < -0.3 is 4.74 Å². The van der Waals surface area contributed by atoms with Crippen LogP contribution in [0.15, 0.2) is 82.6 Å². The fourth-order valence-electron chi connectivity index (χ4n) is 3.60. The third kappa shape index (κ3) is 4.28. The second kappa shape index (κ2) is 8.51. The summed E-state index contributed by atoms with van der Waals surface area (Å²) >= 11 is 0. The minimum Gasteiger partial charge on any atom is -0.469 e. The summed E-state index contributed by atoms with van der Waals surface area (Å²) in [5.41, 5.74) is 0. The number of carbonyl (C=O) groups is 1. The fraction of sp³-hybridized carbons (Fsp3) is 0.286. The topological polar surface area (TPSA) is 94.6 Å². The lowest BCUT2D eigenvalue weighted by Gasteiger charge is -2.29. The number of carbonyl (C=O) groups excluding carboxylic acids is 1. The van der Waals surface area contributed by atoms with Crippen LogP contribution in [-0.2, 0) is 29.2 Å². The van der Waals surface area contributed by atoms with Crippen LogP contribution in [0.4, 0.5) is 0 Å². The first kappa shape index (κ1) is 21.3. The molecule has 0 amide bonds. The van der Waals surface area contributed by atoms with Crippen molar-refractivity contribution in [3.63, 3.8) is 0 Å². The number of hydrogen-bond donors (Lipinski definition) is 0. The van der Waals surface area contributed by atoms with Crippen LogP contribution in [0.1, 0.15) is 12.8 Å². The molecule has 8 heteroatoms. The molecule has 0 radical (unpaired) electrons. The zero-order valence-electron chi connectivity index (χ0n) is 15.8. The van der Waals surface area contributed by atoms with Crippen LogP contribution in [0.25, 0.3) is 0 Å². The van der Waals surface area contributed by atoms with Crippen molar-refractivity contribution in [1.82, 2.24) is 0 Å². The number of sulfone groups is 2. The van der Waals surface area contributed by atoms with Crippen LogP contribution in [0.2, 0.25) is 0 Å². The third-order valence-corrected chi connectivity index (χ3v) is 10.3. The van der Waals surface area contributed by atoms with Gasteiger partial charge in [-0.15, -0.1) is 0 Å². The Morgan fingerprint density at radius 1 is 0.897 bits per heavy atom. The normalized spacial score (nSPS) is 19.8. The third-order valence-electron chi connectivity index (χ3n) is 5.00. The smallest absolute Gasteiger partial charge is 0.308 e. The summed E-state index contributed by atoms with van der Waals surface area (Å²) in [5.74, 6) is -1.95. The van der Waals surface area contributed by atoms with Gasteiger partial charge in [0, 0.05) is 5.92 Å². The molecule has 2 atom stereocenters. The number of ether oxygens (including phenoxy) is 1. The predicted octanol–water partition coefficient (Wildman–Crippen LogP) is 3.02. The van der Waals surface area contributed by atoms with Gasteiger partial charge in [-0.05, 0) is 37.1 Å². The Bertz CT molecular complexity index is 1020. The molecule has 0 saturated heterocycles.